The van der Waals surface area contributed by atoms with Crippen LogP contribution in [0.5, 0.6) is 0 Å². The molecule has 1 amide bonds. The summed E-state index contributed by atoms with van der Waals surface area (Å²) in [7, 11) is 1.80. The van der Waals surface area contributed by atoms with Gasteiger partial charge < -0.3 is 5.32 Å². The summed E-state index contributed by atoms with van der Waals surface area (Å²) in [6.45, 7) is 3.47. The fraction of sp³-hybridized carbons (Fsp3) is 0.611. The second-order valence-corrected chi connectivity index (χ2v) is 7.20. The van der Waals surface area contributed by atoms with Crippen molar-refractivity contribution in [1.82, 2.24) is 29.8 Å². The second kappa shape index (κ2) is 7.00. The second-order valence-electron chi connectivity index (χ2n) is 7.20. The molecule has 1 fully saturated rings. The minimum absolute atomic E-state index is 0.108. The maximum atomic E-state index is 12.1. The van der Waals surface area contributed by atoms with E-state index in [1.807, 2.05) is 0 Å². The number of nitrogens with zero attached hydrogens (tertiary/aromatic N) is 5. The van der Waals surface area contributed by atoms with E-state index in [1.165, 1.54) is 37.8 Å². The van der Waals surface area contributed by atoms with E-state index in [0.717, 1.165) is 31.4 Å². The molecule has 0 aromatic carbocycles. The van der Waals surface area contributed by atoms with Crippen LogP contribution in [0, 0.1) is 0 Å². The maximum Gasteiger partial charge on any atom is 0.254 e. The minimum atomic E-state index is -0.108. The van der Waals surface area contributed by atoms with E-state index in [2.05, 4.69) is 31.2 Å². The van der Waals surface area contributed by atoms with Gasteiger partial charge >= 0.3 is 0 Å². The summed E-state index contributed by atoms with van der Waals surface area (Å²) in [5.74, 6) is -0.108. The van der Waals surface area contributed by atoms with E-state index in [4.69, 9.17) is 0 Å². The molecule has 2 aromatic heterocycles. The molecule has 1 aliphatic carbocycles. The SMILES string of the molecule is Cn1cc(C(=O)NCc2cc3n(n2)CCN(C2CCCCC2)C3)cn1. The van der Waals surface area contributed by atoms with Crippen LogP contribution in [0.25, 0.3) is 0 Å². The topological polar surface area (TPSA) is 68.0 Å². The number of hydrogen-bond acceptors (Lipinski definition) is 4. The molecular formula is C18H26N6O. The Bertz CT molecular complexity index is 743. The summed E-state index contributed by atoms with van der Waals surface area (Å²) in [5, 5.41) is 11.6. The smallest absolute Gasteiger partial charge is 0.254 e. The first-order valence-electron chi connectivity index (χ1n) is 9.25. The van der Waals surface area contributed by atoms with Gasteiger partial charge in [-0.25, -0.2) is 0 Å². The Hall–Kier alpha value is -2.15. The van der Waals surface area contributed by atoms with Crippen LogP contribution in [-0.2, 0) is 26.7 Å². The average molecular weight is 342 g/mol. The van der Waals surface area contributed by atoms with Crippen molar-refractivity contribution in [3.05, 3.63) is 35.4 Å². The van der Waals surface area contributed by atoms with Gasteiger partial charge in [0.15, 0.2) is 0 Å². The molecule has 0 bridgehead atoms. The van der Waals surface area contributed by atoms with Crippen LogP contribution < -0.4 is 5.32 Å². The van der Waals surface area contributed by atoms with E-state index in [1.54, 1.807) is 24.1 Å². The number of hydrogen-bond donors (Lipinski definition) is 1. The number of fused-ring (bicyclic) bond motifs is 1. The lowest BCUT2D eigenvalue weighted by Gasteiger charge is -2.36. The molecular weight excluding hydrogens is 316 g/mol. The number of nitrogens with one attached hydrogen (secondary N) is 1. The first-order chi connectivity index (χ1) is 12.2. The monoisotopic (exact) mass is 342 g/mol. The molecule has 0 radical (unpaired) electrons. The van der Waals surface area contributed by atoms with Crippen LogP contribution >= 0.6 is 0 Å². The minimum Gasteiger partial charge on any atom is -0.346 e. The molecule has 7 heteroatoms. The van der Waals surface area contributed by atoms with Crippen molar-refractivity contribution in [3.8, 4) is 0 Å². The van der Waals surface area contributed by atoms with Crippen molar-refractivity contribution < 1.29 is 4.79 Å². The highest BCUT2D eigenvalue weighted by atomic mass is 16.1. The quantitative estimate of drug-likeness (QED) is 0.918. The van der Waals surface area contributed by atoms with Crippen molar-refractivity contribution in [3.63, 3.8) is 0 Å². The van der Waals surface area contributed by atoms with E-state index in [9.17, 15) is 4.79 Å². The molecule has 0 spiro atoms. The molecule has 1 saturated carbocycles. The van der Waals surface area contributed by atoms with E-state index in [0.29, 0.717) is 12.1 Å². The van der Waals surface area contributed by atoms with Gasteiger partial charge in [0.1, 0.15) is 0 Å². The highest BCUT2D eigenvalue weighted by Gasteiger charge is 2.26. The molecule has 134 valence electrons. The van der Waals surface area contributed by atoms with Crippen LogP contribution in [0.15, 0.2) is 18.5 Å². The normalized spacial score (nSPS) is 18.9. The Morgan fingerprint density at radius 3 is 2.88 bits per heavy atom. The summed E-state index contributed by atoms with van der Waals surface area (Å²) < 4.78 is 3.73. The lowest BCUT2D eigenvalue weighted by molar-refractivity contribution is 0.0950. The summed E-state index contributed by atoms with van der Waals surface area (Å²) in [6, 6.07) is 2.88. The molecule has 3 heterocycles. The number of rotatable bonds is 4. The summed E-state index contributed by atoms with van der Waals surface area (Å²) in [5.41, 5.74) is 2.77. The Kier molecular flexibility index (Phi) is 4.57. The largest absolute Gasteiger partial charge is 0.346 e. The molecule has 1 N–H and O–H groups in total. The Morgan fingerprint density at radius 1 is 1.28 bits per heavy atom. The maximum absolute atomic E-state index is 12.1. The third-order valence-corrected chi connectivity index (χ3v) is 5.37. The molecule has 1 aliphatic heterocycles. The zero-order valence-corrected chi connectivity index (χ0v) is 14.8. The number of amides is 1. The van der Waals surface area contributed by atoms with Gasteiger partial charge in [0.05, 0.1) is 36.2 Å². The Balaban J connectivity index is 1.36. The van der Waals surface area contributed by atoms with Crippen molar-refractivity contribution in [2.45, 2.75) is 57.8 Å². The summed E-state index contributed by atoms with van der Waals surface area (Å²) in [6.07, 6.45) is 10.1. The van der Waals surface area contributed by atoms with Gasteiger partial charge in [0, 0.05) is 32.4 Å². The standard InChI is InChI=1S/C18H26N6O/c1-22-12-14(10-20-22)18(25)19-11-15-9-17-13-23(7-8-24(17)21-15)16-5-3-2-4-6-16/h9-10,12,16H,2-8,11,13H2,1H3,(H,19,25). The van der Waals surface area contributed by atoms with Gasteiger partial charge in [0.25, 0.3) is 5.91 Å². The highest BCUT2D eigenvalue weighted by molar-refractivity contribution is 5.93. The van der Waals surface area contributed by atoms with Gasteiger partial charge in [-0.2, -0.15) is 10.2 Å². The first-order valence-corrected chi connectivity index (χ1v) is 9.25. The third kappa shape index (κ3) is 3.61. The summed E-state index contributed by atoms with van der Waals surface area (Å²) in [4.78, 5) is 14.7. The number of carbonyl (C=O) groups excluding carboxylic acids is 1. The highest BCUT2D eigenvalue weighted by Crippen LogP contribution is 2.26. The molecule has 4 rings (SSSR count). The van der Waals surface area contributed by atoms with Crippen LogP contribution in [-0.4, -0.2) is 43.0 Å². The van der Waals surface area contributed by atoms with Crippen molar-refractivity contribution in [2.75, 3.05) is 6.54 Å². The lowest BCUT2D eigenvalue weighted by Crippen LogP contribution is -2.42. The Morgan fingerprint density at radius 2 is 2.12 bits per heavy atom. The zero-order chi connectivity index (χ0) is 17.2. The van der Waals surface area contributed by atoms with Crippen molar-refractivity contribution in [2.24, 2.45) is 7.05 Å². The lowest BCUT2D eigenvalue weighted by atomic mass is 9.94. The molecule has 7 nitrogen and oxygen atoms in total. The molecule has 0 saturated heterocycles. The van der Waals surface area contributed by atoms with Crippen LogP contribution in [0.2, 0.25) is 0 Å². The third-order valence-electron chi connectivity index (χ3n) is 5.37. The number of carbonyl (C=O) groups is 1. The first kappa shape index (κ1) is 16.3. The van der Waals surface area contributed by atoms with E-state index >= 15 is 0 Å². The predicted molar refractivity (Wildman–Crippen MR) is 93.9 cm³/mol. The van der Waals surface area contributed by atoms with Crippen LogP contribution in [0.4, 0.5) is 0 Å². The van der Waals surface area contributed by atoms with Crippen molar-refractivity contribution >= 4 is 5.91 Å². The fourth-order valence-electron chi connectivity index (χ4n) is 4.00. The van der Waals surface area contributed by atoms with Gasteiger partial charge in [-0.05, 0) is 18.9 Å². The van der Waals surface area contributed by atoms with Gasteiger partial charge in [0.2, 0.25) is 0 Å². The van der Waals surface area contributed by atoms with Crippen molar-refractivity contribution in [1.29, 1.82) is 0 Å². The van der Waals surface area contributed by atoms with Gasteiger partial charge in [-0.15, -0.1) is 0 Å². The van der Waals surface area contributed by atoms with E-state index in [-0.39, 0.29) is 5.91 Å². The van der Waals surface area contributed by atoms with E-state index < -0.39 is 0 Å². The number of aromatic nitrogens is 4. The number of aryl methyl sites for hydroxylation is 1. The predicted octanol–water partition coefficient (Wildman–Crippen LogP) is 1.69. The zero-order valence-electron chi connectivity index (χ0n) is 14.8. The van der Waals surface area contributed by atoms with Gasteiger partial charge in [-0.3, -0.25) is 19.1 Å². The van der Waals surface area contributed by atoms with Gasteiger partial charge in [-0.1, -0.05) is 19.3 Å². The van der Waals surface area contributed by atoms with Crippen LogP contribution in [0.1, 0.15) is 53.8 Å². The Labute approximate surface area is 148 Å². The average Bonchev–Trinajstić information content (AvgIpc) is 3.25. The molecule has 25 heavy (non-hydrogen) atoms. The molecule has 0 unspecified atom stereocenters. The molecule has 2 aliphatic rings. The summed E-state index contributed by atoms with van der Waals surface area (Å²) >= 11 is 0. The molecule has 2 aromatic rings. The van der Waals surface area contributed by atoms with Crippen LogP contribution in [0.3, 0.4) is 0 Å². The molecule has 0 atom stereocenters. The fourth-order valence-corrected chi connectivity index (χ4v) is 4.00.